The molecule has 2 unspecified atom stereocenters. The first kappa shape index (κ1) is 22.0. The van der Waals surface area contributed by atoms with E-state index in [1.807, 2.05) is 17.8 Å². The van der Waals surface area contributed by atoms with Gasteiger partial charge >= 0.3 is 0 Å². The molecule has 0 bridgehead atoms. The normalized spacial score (nSPS) is 21.6. The Bertz CT molecular complexity index is 876. The number of nitrogens with two attached hydrogens (primary N) is 1. The van der Waals surface area contributed by atoms with Crippen molar-refractivity contribution in [3.8, 4) is 0 Å². The average Bonchev–Trinajstić information content (AvgIpc) is 3.16. The summed E-state index contributed by atoms with van der Waals surface area (Å²) in [4.78, 5) is 1.73. The minimum absolute atomic E-state index is 0.0273. The molecule has 0 radical (unpaired) electrons. The maximum absolute atomic E-state index is 14.3. The van der Waals surface area contributed by atoms with Gasteiger partial charge in [-0.25, -0.2) is 17.9 Å². The first-order valence-electron chi connectivity index (χ1n) is 11.0. The molecule has 2 aliphatic rings. The molecule has 1 aromatic carbocycles. The lowest BCUT2D eigenvalue weighted by molar-refractivity contribution is -0.0397. The summed E-state index contributed by atoms with van der Waals surface area (Å²) in [6.45, 7) is 3.76. The van der Waals surface area contributed by atoms with E-state index in [0.717, 1.165) is 31.6 Å². The zero-order valence-corrected chi connectivity index (χ0v) is 17.7. The second kappa shape index (κ2) is 9.48. The lowest BCUT2D eigenvalue weighted by Gasteiger charge is -2.36. The summed E-state index contributed by atoms with van der Waals surface area (Å²) in [5, 5.41) is 8.22. The highest BCUT2D eigenvalue weighted by Crippen LogP contribution is 2.34. The van der Waals surface area contributed by atoms with Crippen LogP contribution in [0.3, 0.4) is 0 Å². The highest BCUT2D eigenvalue weighted by molar-refractivity contribution is 5.56. The Hall–Kier alpha value is -2.26. The number of rotatable bonds is 6. The SMILES string of the molecule is CC(NC1CCN(c2c(F)cccc2C(F)F)CC1)c1nn(C2CCCCO2)cc1N. The Morgan fingerprint density at radius 1 is 1.19 bits per heavy atom. The molecule has 3 N–H and O–H groups in total. The zero-order chi connectivity index (χ0) is 22.0. The van der Waals surface area contributed by atoms with Crippen LogP contribution in [0.2, 0.25) is 0 Å². The van der Waals surface area contributed by atoms with Gasteiger partial charge in [0.15, 0.2) is 0 Å². The molecule has 2 fully saturated rings. The molecule has 0 aliphatic carbocycles. The summed E-state index contributed by atoms with van der Waals surface area (Å²) in [5.74, 6) is -0.596. The number of nitrogens with one attached hydrogen (secondary N) is 1. The summed E-state index contributed by atoms with van der Waals surface area (Å²) in [6.07, 6.45) is 3.61. The summed E-state index contributed by atoms with van der Waals surface area (Å²) in [6, 6.07) is 3.97. The van der Waals surface area contributed by atoms with Crippen LogP contribution >= 0.6 is 0 Å². The van der Waals surface area contributed by atoms with Gasteiger partial charge in [-0.2, -0.15) is 5.10 Å². The average molecular weight is 438 g/mol. The smallest absolute Gasteiger partial charge is 0.265 e. The van der Waals surface area contributed by atoms with Gasteiger partial charge < -0.3 is 20.7 Å². The van der Waals surface area contributed by atoms with Gasteiger partial charge in [-0.15, -0.1) is 0 Å². The number of benzene rings is 1. The molecular weight excluding hydrogens is 407 g/mol. The molecule has 6 nitrogen and oxygen atoms in total. The zero-order valence-electron chi connectivity index (χ0n) is 17.7. The van der Waals surface area contributed by atoms with Crippen LogP contribution < -0.4 is 16.0 Å². The number of nitrogen functional groups attached to an aromatic ring is 1. The van der Waals surface area contributed by atoms with Gasteiger partial charge in [0, 0.05) is 31.3 Å². The van der Waals surface area contributed by atoms with Crippen LogP contribution in [0.15, 0.2) is 24.4 Å². The van der Waals surface area contributed by atoms with Gasteiger partial charge in [-0.05, 0) is 45.1 Å². The third kappa shape index (κ3) is 4.82. The van der Waals surface area contributed by atoms with E-state index in [-0.39, 0.29) is 29.6 Å². The molecule has 3 heterocycles. The van der Waals surface area contributed by atoms with Crippen LogP contribution in [-0.2, 0) is 4.74 Å². The number of nitrogens with zero attached hydrogens (tertiary/aromatic N) is 3. The summed E-state index contributed by atoms with van der Waals surface area (Å²) >= 11 is 0. The molecule has 0 spiro atoms. The Balaban J connectivity index is 1.37. The van der Waals surface area contributed by atoms with Crippen molar-refractivity contribution in [2.45, 2.75) is 63.8 Å². The Kier molecular flexibility index (Phi) is 6.71. The van der Waals surface area contributed by atoms with Crippen molar-refractivity contribution < 1.29 is 17.9 Å². The molecule has 2 saturated heterocycles. The van der Waals surface area contributed by atoms with Crippen LogP contribution in [0.4, 0.5) is 24.5 Å². The molecule has 170 valence electrons. The third-order valence-electron chi connectivity index (χ3n) is 6.20. The topological polar surface area (TPSA) is 68.3 Å². The predicted octanol–water partition coefficient (Wildman–Crippen LogP) is 4.56. The number of piperidine rings is 1. The fraction of sp³-hybridized carbons (Fsp3) is 0.591. The minimum Gasteiger partial charge on any atom is -0.396 e. The van der Waals surface area contributed by atoms with E-state index < -0.39 is 12.2 Å². The highest BCUT2D eigenvalue weighted by atomic mass is 19.3. The van der Waals surface area contributed by atoms with Crippen LogP contribution in [-0.4, -0.2) is 35.5 Å². The highest BCUT2D eigenvalue weighted by Gasteiger charge is 2.28. The van der Waals surface area contributed by atoms with Crippen molar-refractivity contribution in [2.24, 2.45) is 0 Å². The van der Waals surface area contributed by atoms with Crippen LogP contribution in [0.5, 0.6) is 0 Å². The number of hydrogen-bond acceptors (Lipinski definition) is 5. The summed E-state index contributed by atoms with van der Waals surface area (Å²) in [5.41, 5.74) is 7.40. The minimum atomic E-state index is -2.70. The van der Waals surface area contributed by atoms with Crippen molar-refractivity contribution in [1.82, 2.24) is 15.1 Å². The van der Waals surface area contributed by atoms with E-state index in [4.69, 9.17) is 10.5 Å². The molecule has 0 amide bonds. The molecule has 2 atom stereocenters. The molecule has 4 rings (SSSR count). The van der Waals surface area contributed by atoms with Crippen LogP contribution in [0, 0.1) is 5.82 Å². The van der Waals surface area contributed by atoms with Gasteiger partial charge in [-0.3, -0.25) is 0 Å². The van der Waals surface area contributed by atoms with Crippen molar-refractivity contribution in [1.29, 1.82) is 0 Å². The van der Waals surface area contributed by atoms with Gasteiger partial charge in [0.1, 0.15) is 17.7 Å². The maximum atomic E-state index is 14.3. The Labute approximate surface area is 180 Å². The number of para-hydroxylation sites is 1. The van der Waals surface area contributed by atoms with Gasteiger partial charge in [0.2, 0.25) is 0 Å². The quantitative estimate of drug-likeness (QED) is 0.693. The molecule has 0 saturated carbocycles. The monoisotopic (exact) mass is 437 g/mol. The molecule has 1 aromatic heterocycles. The second-order valence-corrected chi connectivity index (χ2v) is 8.40. The molecular formula is C22H30F3N5O. The Morgan fingerprint density at radius 3 is 2.65 bits per heavy atom. The van der Waals surface area contributed by atoms with E-state index in [9.17, 15) is 13.2 Å². The van der Waals surface area contributed by atoms with Crippen LogP contribution in [0.1, 0.15) is 69.0 Å². The largest absolute Gasteiger partial charge is 0.396 e. The predicted molar refractivity (Wildman–Crippen MR) is 114 cm³/mol. The van der Waals surface area contributed by atoms with E-state index in [0.29, 0.717) is 31.6 Å². The van der Waals surface area contributed by atoms with Crippen molar-refractivity contribution in [2.75, 3.05) is 30.3 Å². The van der Waals surface area contributed by atoms with Crippen molar-refractivity contribution in [3.63, 3.8) is 0 Å². The number of alkyl halides is 2. The number of ether oxygens (including phenoxy) is 1. The van der Waals surface area contributed by atoms with E-state index >= 15 is 0 Å². The molecule has 31 heavy (non-hydrogen) atoms. The maximum Gasteiger partial charge on any atom is 0.265 e. The van der Waals surface area contributed by atoms with Crippen molar-refractivity contribution >= 4 is 11.4 Å². The van der Waals surface area contributed by atoms with E-state index in [1.165, 1.54) is 18.2 Å². The fourth-order valence-corrected chi connectivity index (χ4v) is 4.58. The first-order valence-corrected chi connectivity index (χ1v) is 11.0. The van der Waals surface area contributed by atoms with Gasteiger partial charge in [0.25, 0.3) is 6.43 Å². The standard InChI is InChI=1S/C22H30F3N5O/c1-14(20-18(26)13-30(28-20)19-7-2-3-12-31-19)27-15-8-10-29(11-9-15)21-16(22(24)25)5-4-6-17(21)23/h4-6,13-15,19,22,27H,2-3,7-12,26H2,1H3. The number of aromatic nitrogens is 2. The molecule has 9 heteroatoms. The number of anilines is 2. The lowest BCUT2D eigenvalue weighted by Crippen LogP contribution is -2.44. The molecule has 2 aromatic rings. The van der Waals surface area contributed by atoms with Gasteiger partial charge in [-0.1, -0.05) is 12.1 Å². The summed E-state index contributed by atoms with van der Waals surface area (Å²) < 4.78 is 48.6. The Morgan fingerprint density at radius 2 is 1.97 bits per heavy atom. The number of halogens is 3. The number of hydrogen-bond donors (Lipinski definition) is 2. The first-order chi connectivity index (χ1) is 14.9. The fourth-order valence-electron chi connectivity index (χ4n) is 4.58. The van der Waals surface area contributed by atoms with E-state index in [2.05, 4.69) is 10.4 Å². The summed E-state index contributed by atoms with van der Waals surface area (Å²) in [7, 11) is 0. The van der Waals surface area contributed by atoms with Crippen molar-refractivity contribution in [3.05, 3.63) is 41.5 Å². The second-order valence-electron chi connectivity index (χ2n) is 8.40. The van der Waals surface area contributed by atoms with Crippen LogP contribution in [0.25, 0.3) is 0 Å². The van der Waals surface area contributed by atoms with Gasteiger partial charge in [0.05, 0.1) is 23.6 Å². The third-order valence-corrected chi connectivity index (χ3v) is 6.20. The lowest BCUT2D eigenvalue weighted by atomic mass is 10.0. The molecule has 2 aliphatic heterocycles. The van der Waals surface area contributed by atoms with E-state index in [1.54, 1.807) is 4.90 Å².